The molecular formula is C36H38F3N3O4S. The van der Waals surface area contributed by atoms with Crippen LogP contribution in [0.25, 0.3) is 0 Å². The number of aromatic nitrogens is 1. The molecule has 1 aliphatic rings. The van der Waals surface area contributed by atoms with E-state index in [1.165, 1.54) is 17.7 Å². The van der Waals surface area contributed by atoms with Gasteiger partial charge in [0.2, 0.25) is 5.91 Å². The van der Waals surface area contributed by atoms with Crippen LogP contribution in [0.5, 0.6) is 11.5 Å². The molecule has 0 spiro atoms. The summed E-state index contributed by atoms with van der Waals surface area (Å²) in [5.41, 5.74) is 3.58. The maximum Gasteiger partial charge on any atom is 0.416 e. The first-order valence-electron chi connectivity index (χ1n) is 15.3. The van der Waals surface area contributed by atoms with Crippen LogP contribution >= 0.6 is 11.8 Å². The first-order valence-corrected chi connectivity index (χ1v) is 16.2. The molecule has 4 aromatic rings. The zero-order valence-electron chi connectivity index (χ0n) is 26.3. The Morgan fingerprint density at radius 2 is 1.60 bits per heavy atom. The van der Waals surface area contributed by atoms with E-state index >= 15 is 0 Å². The van der Waals surface area contributed by atoms with E-state index < -0.39 is 11.7 Å². The Hall–Kier alpha value is -4.35. The fourth-order valence-electron chi connectivity index (χ4n) is 4.67. The number of nitrogens with zero attached hydrogens (tertiary/aromatic N) is 1. The summed E-state index contributed by atoms with van der Waals surface area (Å²) in [4.78, 5) is 27.2. The predicted octanol–water partition coefficient (Wildman–Crippen LogP) is 7.59. The second-order valence-corrected chi connectivity index (χ2v) is 11.9. The topological polar surface area (TPSA) is 89.5 Å². The van der Waals surface area contributed by atoms with E-state index in [0.29, 0.717) is 18.8 Å². The summed E-state index contributed by atoms with van der Waals surface area (Å²) in [5, 5.41) is 4.75. The third-order valence-electron chi connectivity index (χ3n) is 7.32. The molecule has 3 aromatic carbocycles. The van der Waals surface area contributed by atoms with E-state index in [2.05, 4.69) is 28.6 Å². The van der Waals surface area contributed by atoms with E-state index in [0.717, 1.165) is 72.3 Å². The Balaban J connectivity index is 0.000000215. The number of imide groups is 1. The van der Waals surface area contributed by atoms with Gasteiger partial charge in [-0.2, -0.15) is 13.2 Å². The van der Waals surface area contributed by atoms with Crippen LogP contribution in [0.15, 0.2) is 97.2 Å². The summed E-state index contributed by atoms with van der Waals surface area (Å²) < 4.78 is 49.3. The van der Waals surface area contributed by atoms with Crippen LogP contribution in [-0.2, 0) is 30.2 Å². The van der Waals surface area contributed by atoms with Crippen LogP contribution in [0.3, 0.4) is 0 Å². The van der Waals surface area contributed by atoms with Gasteiger partial charge in [0.25, 0.3) is 5.24 Å². The monoisotopic (exact) mass is 665 g/mol. The Bertz CT molecular complexity index is 1550. The Labute approximate surface area is 277 Å². The van der Waals surface area contributed by atoms with Gasteiger partial charge in [0, 0.05) is 24.7 Å². The molecule has 11 heteroatoms. The number of alkyl halides is 3. The van der Waals surface area contributed by atoms with Crippen molar-refractivity contribution >= 4 is 22.9 Å². The van der Waals surface area contributed by atoms with Crippen LogP contribution in [0.1, 0.15) is 47.4 Å². The van der Waals surface area contributed by atoms with Crippen molar-refractivity contribution in [3.05, 3.63) is 125 Å². The van der Waals surface area contributed by atoms with Crippen LogP contribution < -0.4 is 20.1 Å². The standard InChI is InChI=1S/C19H20N2O3S.C17H18F3NO/c1-2-13-3-6-15(20-12-13)9-10-24-16-7-4-14(5-8-16)11-17-18(22)21-19(23)25-17;1-21-12-11-16(13-5-3-2-4-6-13)22-15-9-7-14(8-10-15)17(18,19)20/h3-8,12,17H,2,9-11H2,1H3,(H,21,22,23);2-10,16,21H,11-12H2,1H3. The molecule has 2 amide bonds. The van der Waals surface area contributed by atoms with Crippen molar-refractivity contribution in [3.8, 4) is 11.5 Å². The number of rotatable bonds is 13. The molecule has 7 nitrogen and oxygen atoms in total. The molecule has 1 aliphatic heterocycles. The minimum atomic E-state index is -4.33. The summed E-state index contributed by atoms with van der Waals surface area (Å²) in [5.74, 6) is 1.00. The fourth-order valence-corrected chi connectivity index (χ4v) is 5.53. The second-order valence-electron chi connectivity index (χ2n) is 10.8. The lowest BCUT2D eigenvalue weighted by Crippen LogP contribution is -2.25. The maximum absolute atomic E-state index is 12.6. The zero-order valence-corrected chi connectivity index (χ0v) is 27.1. The van der Waals surface area contributed by atoms with Gasteiger partial charge in [0.05, 0.1) is 17.4 Å². The van der Waals surface area contributed by atoms with Crippen molar-refractivity contribution < 1.29 is 32.2 Å². The average molecular weight is 666 g/mol. The van der Waals surface area contributed by atoms with E-state index in [-0.39, 0.29) is 22.5 Å². The minimum absolute atomic E-state index is 0.203. The van der Waals surface area contributed by atoms with E-state index in [1.807, 2.05) is 73.9 Å². The van der Waals surface area contributed by atoms with Crippen LogP contribution in [-0.4, -0.2) is 41.6 Å². The second kappa shape index (κ2) is 17.5. The molecule has 2 heterocycles. The van der Waals surface area contributed by atoms with Crippen molar-refractivity contribution in [1.82, 2.24) is 15.6 Å². The van der Waals surface area contributed by atoms with E-state index in [1.54, 1.807) is 0 Å². The number of halogens is 3. The van der Waals surface area contributed by atoms with E-state index in [4.69, 9.17) is 9.47 Å². The molecule has 1 aromatic heterocycles. The van der Waals surface area contributed by atoms with Gasteiger partial charge >= 0.3 is 6.18 Å². The molecule has 1 saturated heterocycles. The summed E-state index contributed by atoms with van der Waals surface area (Å²) in [6.07, 6.45) is 0.385. The van der Waals surface area contributed by atoms with Crippen LogP contribution in [0.2, 0.25) is 0 Å². The lowest BCUT2D eigenvalue weighted by Gasteiger charge is -2.20. The highest BCUT2D eigenvalue weighted by Gasteiger charge is 2.31. The van der Waals surface area contributed by atoms with E-state index in [9.17, 15) is 22.8 Å². The van der Waals surface area contributed by atoms with Gasteiger partial charge in [-0.05, 0) is 85.6 Å². The SMILES string of the molecule is CCc1ccc(CCOc2ccc(CC3SC(=O)NC3=O)cc2)nc1.CNCCC(Oc1ccc(C(F)(F)F)cc1)c1ccccc1. The molecule has 2 unspecified atom stereocenters. The minimum Gasteiger partial charge on any atom is -0.493 e. The zero-order chi connectivity index (χ0) is 33.6. The smallest absolute Gasteiger partial charge is 0.416 e. The molecule has 0 bridgehead atoms. The number of hydrogen-bond acceptors (Lipinski definition) is 7. The molecule has 1 fully saturated rings. The highest BCUT2D eigenvalue weighted by atomic mass is 32.2. The lowest BCUT2D eigenvalue weighted by atomic mass is 10.1. The number of aryl methyl sites for hydroxylation is 1. The molecule has 47 heavy (non-hydrogen) atoms. The van der Waals surface area contributed by atoms with Gasteiger partial charge in [-0.15, -0.1) is 0 Å². The number of carbonyl (C=O) groups excluding carboxylic acids is 2. The number of hydrogen-bond donors (Lipinski definition) is 2. The first-order chi connectivity index (χ1) is 22.6. The number of pyridine rings is 1. The number of carbonyl (C=O) groups is 2. The normalized spacial score (nSPS) is 15.0. The number of ether oxygens (including phenoxy) is 2. The molecule has 2 atom stereocenters. The average Bonchev–Trinajstić information content (AvgIpc) is 3.40. The maximum atomic E-state index is 12.6. The summed E-state index contributed by atoms with van der Waals surface area (Å²) >= 11 is 1.05. The number of amides is 2. The van der Waals surface area contributed by atoms with Crippen LogP contribution in [0.4, 0.5) is 18.0 Å². The van der Waals surface area contributed by atoms with Crippen molar-refractivity contribution in [1.29, 1.82) is 0 Å². The van der Waals surface area contributed by atoms with Gasteiger partial charge in [0.15, 0.2) is 0 Å². The molecule has 2 N–H and O–H groups in total. The van der Waals surface area contributed by atoms with Crippen molar-refractivity contribution in [3.63, 3.8) is 0 Å². The number of nitrogens with one attached hydrogen (secondary N) is 2. The summed E-state index contributed by atoms with van der Waals surface area (Å²) in [6, 6.07) is 26.2. The number of thioether (sulfide) groups is 1. The Morgan fingerprint density at radius 3 is 2.17 bits per heavy atom. The highest BCUT2D eigenvalue weighted by Crippen LogP contribution is 2.32. The summed E-state index contributed by atoms with van der Waals surface area (Å²) in [6.45, 7) is 3.42. The third kappa shape index (κ3) is 11.4. The van der Waals surface area contributed by atoms with Gasteiger partial charge in [-0.1, -0.05) is 67.2 Å². The van der Waals surface area contributed by atoms with Gasteiger partial charge in [-0.3, -0.25) is 19.9 Å². The molecule has 0 radical (unpaired) electrons. The van der Waals surface area contributed by atoms with Gasteiger partial charge in [-0.25, -0.2) is 0 Å². The van der Waals surface area contributed by atoms with Crippen LogP contribution in [0, 0.1) is 0 Å². The third-order valence-corrected chi connectivity index (χ3v) is 8.30. The quantitative estimate of drug-likeness (QED) is 0.152. The van der Waals surface area contributed by atoms with Gasteiger partial charge in [0.1, 0.15) is 17.6 Å². The summed E-state index contributed by atoms with van der Waals surface area (Å²) in [7, 11) is 1.85. The Kier molecular flexibility index (Phi) is 13.2. The Morgan fingerprint density at radius 1 is 0.915 bits per heavy atom. The van der Waals surface area contributed by atoms with Crippen molar-refractivity contribution in [2.24, 2.45) is 0 Å². The fraction of sp³-hybridized carbons (Fsp3) is 0.306. The first kappa shape index (κ1) is 35.5. The predicted molar refractivity (Wildman–Crippen MR) is 178 cm³/mol. The van der Waals surface area contributed by atoms with Gasteiger partial charge < -0.3 is 14.8 Å². The molecule has 5 rings (SSSR count). The van der Waals surface area contributed by atoms with Crippen molar-refractivity contribution in [2.45, 2.75) is 50.1 Å². The van der Waals surface area contributed by atoms with Crippen molar-refractivity contribution in [2.75, 3.05) is 20.2 Å². The highest BCUT2D eigenvalue weighted by molar-refractivity contribution is 8.15. The molecule has 248 valence electrons. The molecule has 0 saturated carbocycles. The number of benzene rings is 3. The molecule has 0 aliphatic carbocycles. The lowest BCUT2D eigenvalue weighted by molar-refractivity contribution is -0.137. The molecular weight excluding hydrogens is 627 g/mol. The largest absolute Gasteiger partial charge is 0.493 e.